The summed E-state index contributed by atoms with van der Waals surface area (Å²) in [6.07, 6.45) is 0.0511. The molecule has 1 unspecified atom stereocenters. The van der Waals surface area contributed by atoms with E-state index in [9.17, 15) is 9.59 Å². The van der Waals surface area contributed by atoms with Crippen molar-refractivity contribution in [1.29, 1.82) is 0 Å². The van der Waals surface area contributed by atoms with Crippen LogP contribution in [0.1, 0.15) is 20.3 Å². The van der Waals surface area contributed by atoms with Crippen LogP contribution in [0.5, 0.6) is 5.75 Å². The summed E-state index contributed by atoms with van der Waals surface area (Å²) in [5.41, 5.74) is 6.76. The van der Waals surface area contributed by atoms with Crippen LogP contribution >= 0.6 is 12.4 Å². The molecule has 1 aliphatic rings. The lowest BCUT2D eigenvalue weighted by atomic mass is 10.2. The summed E-state index contributed by atoms with van der Waals surface area (Å²) in [5, 5.41) is 5.42. The highest BCUT2D eigenvalue weighted by Crippen LogP contribution is 2.32. The fraction of sp³-hybridized carbons (Fsp3) is 0.385. The Morgan fingerprint density at radius 2 is 2.25 bits per heavy atom. The fourth-order valence-electron chi connectivity index (χ4n) is 1.71. The van der Waals surface area contributed by atoms with E-state index in [1.807, 2.05) is 6.92 Å². The molecule has 2 atom stereocenters. The number of anilines is 2. The summed E-state index contributed by atoms with van der Waals surface area (Å²) in [7, 11) is 0. The zero-order chi connectivity index (χ0) is 14.0. The number of halogens is 1. The average Bonchev–Trinajstić information content (AvgIpc) is 2.39. The van der Waals surface area contributed by atoms with Crippen LogP contribution in [0.15, 0.2) is 18.2 Å². The van der Waals surface area contributed by atoms with Crippen LogP contribution in [-0.4, -0.2) is 24.0 Å². The van der Waals surface area contributed by atoms with E-state index < -0.39 is 12.1 Å². The molecule has 0 aromatic heterocycles. The van der Waals surface area contributed by atoms with Gasteiger partial charge in [-0.15, -0.1) is 12.4 Å². The minimum atomic E-state index is -0.540. The van der Waals surface area contributed by atoms with Crippen LogP contribution in [-0.2, 0) is 9.59 Å². The third kappa shape index (κ3) is 3.40. The highest BCUT2D eigenvalue weighted by atomic mass is 35.5. The minimum Gasteiger partial charge on any atom is -0.479 e. The molecule has 0 radical (unpaired) electrons. The molecule has 110 valence electrons. The quantitative estimate of drug-likeness (QED) is 0.788. The van der Waals surface area contributed by atoms with E-state index in [-0.39, 0.29) is 24.2 Å². The first-order valence-corrected chi connectivity index (χ1v) is 6.19. The predicted molar refractivity (Wildman–Crippen MR) is 79.3 cm³/mol. The van der Waals surface area contributed by atoms with E-state index in [0.717, 1.165) is 0 Å². The maximum Gasteiger partial charge on any atom is 0.265 e. The van der Waals surface area contributed by atoms with Crippen LogP contribution < -0.4 is 21.1 Å². The van der Waals surface area contributed by atoms with Crippen molar-refractivity contribution in [1.82, 2.24) is 0 Å². The van der Waals surface area contributed by atoms with E-state index in [2.05, 4.69) is 10.6 Å². The normalized spacial score (nSPS) is 17.9. The Morgan fingerprint density at radius 3 is 2.90 bits per heavy atom. The number of hydrogen-bond donors (Lipinski definition) is 3. The fourth-order valence-corrected chi connectivity index (χ4v) is 1.71. The highest BCUT2D eigenvalue weighted by molar-refractivity contribution is 5.99. The van der Waals surface area contributed by atoms with Crippen LogP contribution in [0.25, 0.3) is 0 Å². The van der Waals surface area contributed by atoms with Crippen LogP contribution in [0, 0.1) is 0 Å². The van der Waals surface area contributed by atoms with Gasteiger partial charge in [-0.2, -0.15) is 0 Å². The van der Waals surface area contributed by atoms with Gasteiger partial charge >= 0.3 is 0 Å². The first-order chi connectivity index (χ1) is 9.01. The largest absolute Gasteiger partial charge is 0.479 e. The van der Waals surface area contributed by atoms with Crippen molar-refractivity contribution in [2.45, 2.75) is 32.4 Å². The van der Waals surface area contributed by atoms with Gasteiger partial charge in [0.25, 0.3) is 5.91 Å². The molecule has 1 aliphatic heterocycles. The molecule has 2 rings (SSSR count). The molecule has 0 saturated carbocycles. The van der Waals surface area contributed by atoms with E-state index in [4.69, 9.17) is 10.5 Å². The minimum absolute atomic E-state index is 0. The van der Waals surface area contributed by atoms with E-state index in [1.54, 1.807) is 25.1 Å². The third-order valence-corrected chi connectivity index (χ3v) is 2.95. The van der Waals surface area contributed by atoms with Gasteiger partial charge in [-0.05, 0) is 31.5 Å². The summed E-state index contributed by atoms with van der Waals surface area (Å²) in [5.74, 6) is 0.130. The van der Waals surface area contributed by atoms with Gasteiger partial charge in [-0.3, -0.25) is 9.59 Å². The van der Waals surface area contributed by atoms with Gasteiger partial charge in [0.2, 0.25) is 5.91 Å². The second kappa shape index (κ2) is 6.58. The second-order valence-corrected chi connectivity index (χ2v) is 4.46. The number of ether oxygens (including phenoxy) is 1. The van der Waals surface area contributed by atoms with Crippen molar-refractivity contribution in [2.24, 2.45) is 5.73 Å². The van der Waals surface area contributed by atoms with Gasteiger partial charge < -0.3 is 21.1 Å². The van der Waals surface area contributed by atoms with Crippen molar-refractivity contribution < 1.29 is 14.3 Å². The number of amides is 2. The van der Waals surface area contributed by atoms with Crippen molar-refractivity contribution in [2.75, 3.05) is 10.6 Å². The second-order valence-electron chi connectivity index (χ2n) is 4.46. The maximum absolute atomic E-state index is 11.7. The van der Waals surface area contributed by atoms with Gasteiger partial charge in [-0.1, -0.05) is 6.92 Å². The van der Waals surface area contributed by atoms with Gasteiger partial charge in [0.15, 0.2) is 6.10 Å². The molecule has 1 aromatic carbocycles. The Labute approximate surface area is 123 Å². The Hall–Kier alpha value is -1.79. The van der Waals surface area contributed by atoms with Crippen molar-refractivity contribution in [3.63, 3.8) is 0 Å². The van der Waals surface area contributed by atoms with E-state index in [1.165, 1.54) is 0 Å². The van der Waals surface area contributed by atoms with Crippen LogP contribution in [0.2, 0.25) is 0 Å². The first-order valence-electron chi connectivity index (χ1n) is 6.19. The molecule has 2 amide bonds. The number of rotatable bonds is 3. The molecule has 0 fully saturated rings. The van der Waals surface area contributed by atoms with E-state index >= 15 is 0 Å². The molecule has 6 nitrogen and oxygen atoms in total. The summed E-state index contributed by atoms with van der Waals surface area (Å²) in [4.78, 5) is 23.2. The highest BCUT2D eigenvalue weighted by Gasteiger charge is 2.23. The number of carbonyl (C=O) groups excluding carboxylic acids is 2. The van der Waals surface area contributed by atoms with Crippen molar-refractivity contribution >= 4 is 35.6 Å². The molecule has 0 spiro atoms. The molecule has 20 heavy (non-hydrogen) atoms. The predicted octanol–water partition coefficient (Wildman–Crippen LogP) is 1.50. The van der Waals surface area contributed by atoms with Crippen LogP contribution in [0.3, 0.4) is 0 Å². The standard InChI is InChI=1S/C13H17N3O3.ClH/c1-3-9(14)13(18)15-8-4-5-11-10(6-8)16-12(17)7(2)19-11;/h4-7,9H,3,14H2,1-2H3,(H,15,18)(H,16,17);1H/t7?,9-;/m0./s1. The number of fused-ring (bicyclic) bond motifs is 1. The summed E-state index contributed by atoms with van der Waals surface area (Å²) >= 11 is 0. The van der Waals surface area contributed by atoms with Gasteiger partial charge in [0.1, 0.15) is 5.75 Å². The number of nitrogens with one attached hydrogen (secondary N) is 2. The SMILES string of the molecule is CC[C@H](N)C(=O)Nc1ccc2c(c1)NC(=O)C(C)O2.Cl. The topological polar surface area (TPSA) is 93.5 Å². The average molecular weight is 300 g/mol. The number of nitrogens with two attached hydrogens (primary N) is 1. The van der Waals surface area contributed by atoms with Gasteiger partial charge in [0, 0.05) is 5.69 Å². The number of hydrogen-bond acceptors (Lipinski definition) is 4. The first kappa shape index (κ1) is 16.3. The third-order valence-electron chi connectivity index (χ3n) is 2.95. The lowest BCUT2D eigenvalue weighted by molar-refractivity contribution is -0.122. The number of benzene rings is 1. The molecular weight excluding hydrogens is 282 g/mol. The van der Waals surface area contributed by atoms with Crippen LogP contribution in [0.4, 0.5) is 11.4 Å². The Balaban J connectivity index is 0.00000200. The Morgan fingerprint density at radius 1 is 1.55 bits per heavy atom. The molecule has 7 heteroatoms. The Bertz CT molecular complexity index is 522. The lowest BCUT2D eigenvalue weighted by Crippen LogP contribution is -2.35. The lowest BCUT2D eigenvalue weighted by Gasteiger charge is -2.23. The zero-order valence-corrected chi connectivity index (χ0v) is 12.1. The molecule has 0 bridgehead atoms. The molecule has 4 N–H and O–H groups in total. The monoisotopic (exact) mass is 299 g/mol. The summed E-state index contributed by atoms with van der Waals surface area (Å²) in [6.45, 7) is 3.51. The van der Waals surface area contributed by atoms with Gasteiger partial charge in [-0.25, -0.2) is 0 Å². The summed E-state index contributed by atoms with van der Waals surface area (Å²) in [6, 6.07) is 4.53. The zero-order valence-electron chi connectivity index (χ0n) is 11.3. The molecule has 1 heterocycles. The van der Waals surface area contributed by atoms with E-state index in [0.29, 0.717) is 23.5 Å². The maximum atomic E-state index is 11.7. The number of carbonyl (C=O) groups is 2. The molecular formula is C13H18ClN3O3. The molecule has 0 saturated heterocycles. The van der Waals surface area contributed by atoms with Gasteiger partial charge in [0.05, 0.1) is 11.7 Å². The Kier molecular flexibility index (Phi) is 5.35. The van der Waals surface area contributed by atoms with Crippen molar-refractivity contribution in [3.05, 3.63) is 18.2 Å². The van der Waals surface area contributed by atoms with Crippen molar-refractivity contribution in [3.8, 4) is 5.75 Å². The molecule has 1 aromatic rings. The molecule has 0 aliphatic carbocycles. The smallest absolute Gasteiger partial charge is 0.265 e. The summed E-state index contributed by atoms with van der Waals surface area (Å²) < 4.78 is 5.42.